The maximum atomic E-state index is 10.7. The molecule has 26 heavy (non-hydrogen) atoms. The Kier molecular flexibility index (Phi) is 6.28. The van der Waals surface area contributed by atoms with Crippen molar-refractivity contribution in [2.75, 3.05) is 46.2 Å². The highest BCUT2D eigenvalue weighted by molar-refractivity contribution is 6.33. The topological polar surface area (TPSA) is 71.1 Å². The molecule has 0 aliphatic carbocycles. The molecule has 2 aromatic carbocycles. The summed E-state index contributed by atoms with van der Waals surface area (Å²) in [5, 5.41) is 19.1. The summed E-state index contributed by atoms with van der Waals surface area (Å²) in [5.41, 5.74) is 2.10. The SMILES string of the molecule is CN(CC[N+](C)(C)C)c1ccc(/N=N/c2ccc([N+](=O)[O-])cc2Cl)cc1. The number of quaternary nitrogens is 1. The molecule has 2 aromatic rings. The van der Waals surface area contributed by atoms with Gasteiger partial charge in [-0.2, -0.15) is 5.11 Å². The number of rotatable bonds is 7. The highest BCUT2D eigenvalue weighted by Crippen LogP contribution is 2.30. The van der Waals surface area contributed by atoms with Crippen LogP contribution in [0.2, 0.25) is 5.02 Å². The second-order valence-electron chi connectivity index (χ2n) is 7.04. The lowest BCUT2D eigenvalue weighted by molar-refractivity contribution is -0.868. The molecule has 8 heteroatoms. The third-order valence-electron chi connectivity index (χ3n) is 3.81. The van der Waals surface area contributed by atoms with Gasteiger partial charge >= 0.3 is 0 Å². The van der Waals surface area contributed by atoms with Crippen molar-refractivity contribution in [1.82, 2.24) is 0 Å². The number of anilines is 1. The Labute approximate surface area is 158 Å². The molecule has 2 rings (SSSR count). The molecule has 0 saturated carbocycles. The number of non-ortho nitro benzene ring substituents is 1. The Hall–Kier alpha value is -2.51. The largest absolute Gasteiger partial charge is 0.369 e. The van der Waals surface area contributed by atoms with E-state index in [4.69, 9.17) is 11.6 Å². The molecule has 7 nitrogen and oxygen atoms in total. The first-order valence-corrected chi connectivity index (χ1v) is 8.51. The Bertz CT molecular complexity index is 800. The zero-order valence-electron chi connectivity index (χ0n) is 15.4. The van der Waals surface area contributed by atoms with Gasteiger partial charge in [0.2, 0.25) is 0 Å². The molecule has 0 saturated heterocycles. The predicted molar refractivity (Wildman–Crippen MR) is 105 cm³/mol. The van der Waals surface area contributed by atoms with Crippen LogP contribution in [0.3, 0.4) is 0 Å². The maximum absolute atomic E-state index is 10.7. The molecule has 0 heterocycles. The van der Waals surface area contributed by atoms with E-state index in [0.29, 0.717) is 11.4 Å². The fraction of sp³-hybridized carbons (Fsp3) is 0.333. The minimum absolute atomic E-state index is 0.0739. The van der Waals surface area contributed by atoms with Crippen LogP contribution >= 0.6 is 11.6 Å². The van der Waals surface area contributed by atoms with E-state index in [9.17, 15) is 10.1 Å². The lowest BCUT2D eigenvalue weighted by atomic mass is 10.2. The Morgan fingerprint density at radius 2 is 1.77 bits per heavy atom. The summed E-state index contributed by atoms with van der Waals surface area (Å²) in [7, 11) is 8.56. The molecule has 0 spiro atoms. The lowest BCUT2D eigenvalue weighted by Gasteiger charge is -2.28. The average molecular weight is 377 g/mol. The van der Waals surface area contributed by atoms with E-state index < -0.39 is 4.92 Å². The minimum atomic E-state index is -0.499. The van der Waals surface area contributed by atoms with Gasteiger partial charge < -0.3 is 9.38 Å². The van der Waals surface area contributed by atoms with Crippen molar-refractivity contribution in [3.05, 3.63) is 57.6 Å². The van der Waals surface area contributed by atoms with Gasteiger partial charge in [0.1, 0.15) is 5.69 Å². The quantitative estimate of drug-likeness (QED) is 0.301. The van der Waals surface area contributed by atoms with Gasteiger partial charge in [0, 0.05) is 24.9 Å². The summed E-state index contributed by atoms with van der Waals surface area (Å²) >= 11 is 6.01. The molecule has 0 unspecified atom stereocenters. The van der Waals surface area contributed by atoms with Gasteiger partial charge in [-0.05, 0) is 30.3 Å². The van der Waals surface area contributed by atoms with Gasteiger partial charge in [-0.3, -0.25) is 10.1 Å². The highest BCUT2D eigenvalue weighted by Gasteiger charge is 2.10. The van der Waals surface area contributed by atoms with E-state index >= 15 is 0 Å². The van der Waals surface area contributed by atoms with E-state index in [-0.39, 0.29) is 10.7 Å². The molecule has 0 aliphatic rings. The van der Waals surface area contributed by atoms with Crippen molar-refractivity contribution in [3.8, 4) is 0 Å². The van der Waals surface area contributed by atoms with Crippen LogP contribution in [-0.2, 0) is 0 Å². The predicted octanol–water partition coefficient (Wildman–Crippen LogP) is 4.81. The highest BCUT2D eigenvalue weighted by atomic mass is 35.5. The number of nitro benzene ring substituents is 1. The van der Waals surface area contributed by atoms with Gasteiger partial charge in [-0.25, -0.2) is 0 Å². The number of nitro groups is 1. The smallest absolute Gasteiger partial charge is 0.271 e. The fourth-order valence-electron chi connectivity index (χ4n) is 2.15. The van der Waals surface area contributed by atoms with E-state index in [0.717, 1.165) is 23.3 Å². The van der Waals surface area contributed by atoms with Crippen molar-refractivity contribution in [3.63, 3.8) is 0 Å². The van der Waals surface area contributed by atoms with Crippen LogP contribution in [0.25, 0.3) is 0 Å². The van der Waals surface area contributed by atoms with Crippen molar-refractivity contribution in [1.29, 1.82) is 0 Å². The van der Waals surface area contributed by atoms with Gasteiger partial charge in [0.15, 0.2) is 0 Å². The van der Waals surface area contributed by atoms with Gasteiger partial charge in [0.25, 0.3) is 5.69 Å². The number of hydrogen-bond acceptors (Lipinski definition) is 5. The number of hydrogen-bond donors (Lipinski definition) is 0. The Balaban J connectivity index is 2.05. The third-order valence-corrected chi connectivity index (χ3v) is 4.11. The van der Waals surface area contributed by atoms with E-state index in [1.807, 2.05) is 24.3 Å². The third kappa shape index (κ3) is 5.79. The first kappa shape index (κ1) is 19.8. The molecule has 0 N–H and O–H groups in total. The van der Waals surface area contributed by atoms with E-state index in [1.165, 1.54) is 18.2 Å². The van der Waals surface area contributed by atoms with E-state index in [2.05, 4.69) is 43.3 Å². The van der Waals surface area contributed by atoms with Gasteiger partial charge in [-0.15, -0.1) is 5.11 Å². The van der Waals surface area contributed by atoms with Crippen LogP contribution in [0, 0.1) is 10.1 Å². The molecule has 0 aromatic heterocycles. The molecule has 0 bridgehead atoms. The molecular weight excluding hydrogens is 354 g/mol. The van der Waals surface area contributed by atoms with Crippen molar-refractivity contribution in [2.24, 2.45) is 10.2 Å². The monoisotopic (exact) mass is 376 g/mol. The summed E-state index contributed by atoms with van der Waals surface area (Å²) in [5.74, 6) is 0. The summed E-state index contributed by atoms with van der Waals surface area (Å²) in [6.07, 6.45) is 0. The Morgan fingerprint density at radius 3 is 2.31 bits per heavy atom. The molecule has 0 radical (unpaired) electrons. The lowest BCUT2D eigenvalue weighted by Crippen LogP contribution is -2.41. The summed E-state index contributed by atoms with van der Waals surface area (Å²) < 4.78 is 0.909. The zero-order valence-corrected chi connectivity index (χ0v) is 16.1. The molecule has 0 atom stereocenters. The maximum Gasteiger partial charge on any atom is 0.271 e. The second-order valence-corrected chi connectivity index (χ2v) is 7.45. The van der Waals surface area contributed by atoms with Crippen molar-refractivity contribution < 1.29 is 9.41 Å². The minimum Gasteiger partial charge on any atom is -0.369 e. The van der Waals surface area contributed by atoms with Crippen LogP contribution in [0.4, 0.5) is 22.7 Å². The number of benzene rings is 2. The van der Waals surface area contributed by atoms with Crippen LogP contribution < -0.4 is 4.90 Å². The molecule has 0 aliphatic heterocycles. The summed E-state index contributed by atoms with van der Waals surface area (Å²) in [6, 6.07) is 11.8. The fourth-order valence-corrected chi connectivity index (χ4v) is 2.37. The first-order chi connectivity index (χ1) is 12.2. The molecule has 138 valence electrons. The van der Waals surface area contributed by atoms with Gasteiger partial charge in [0.05, 0.1) is 49.9 Å². The van der Waals surface area contributed by atoms with Crippen LogP contribution in [0.1, 0.15) is 0 Å². The number of azo groups is 1. The number of halogens is 1. The summed E-state index contributed by atoms with van der Waals surface area (Å²) in [4.78, 5) is 12.4. The number of likely N-dealkylation sites (N-methyl/N-ethyl adjacent to an activating group) is 2. The molecular formula is C18H23ClN5O2+. The first-order valence-electron chi connectivity index (χ1n) is 8.13. The van der Waals surface area contributed by atoms with Crippen molar-refractivity contribution >= 4 is 34.4 Å². The second kappa shape index (κ2) is 8.25. The number of nitrogens with zero attached hydrogens (tertiary/aromatic N) is 5. The van der Waals surface area contributed by atoms with Crippen LogP contribution in [0.15, 0.2) is 52.7 Å². The van der Waals surface area contributed by atoms with Gasteiger partial charge in [-0.1, -0.05) is 11.6 Å². The summed E-state index contributed by atoms with van der Waals surface area (Å²) in [6.45, 7) is 1.99. The zero-order chi connectivity index (χ0) is 19.3. The molecule has 0 fully saturated rings. The molecule has 0 amide bonds. The average Bonchev–Trinajstić information content (AvgIpc) is 2.58. The van der Waals surface area contributed by atoms with Crippen LogP contribution in [-0.4, -0.2) is 50.7 Å². The Morgan fingerprint density at radius 1 is 1.12 bits per heavy atom. The normalized spacial score (nSPS) is 11.7. The van der Waals surface area contributed by atoms with Crippen LogP contribution in [0.5, 0.6) is 0 Å². The van der Waals surface area contributed by atoms with Crippen molar-refractivity contribution in [2.45, 2.75) is 0 Å². The van der Waals surface area contributed by atoms with E-state index in [1.54, 1.807) is 0 Å². The standard InChI is InChI=1S/C18H23ClN5O2/c1-22(11-12-24(2,3)4)15-7-5-14(6-8-15)20-21-18-10-9-16(23(25)26)13-17(18)19/h5-10,13H,11-12H2,1-4H3/q+1/b21-20+.